The SMILES string of the molecule is COc1ccccc1C1(CN=C(N)NC2CCOc3ccccc32)CC1. The Bertz CT molecular complexity index is 814. The van der Waals surface area contributed by atoms with E-state index in [2.05, 4.69) is 28.5 Å². The first-order chi connectivity index (χ1) is 12.7. The lowest BCUT2D eigenvalue weighted by molar-refractivity contribution is 0.262. The van der Waals surface area contributed by atoms with Gasteiger partial charge in [-0.2, -0.15) is 0 Å². The minimum Gasteiger partial charge on any atom is -0.496 e. The van der Waals surface area contributed by atoms with E-state index < -0.39 is 0 Å². The zero-order chi connectivity index (χ0) is 18.0. The molecule has 1 fully saturated rings. The summed E-state index contributed by atoms with van der Waals surface area (Å²) in [6.45, 7) is 1.37. The fraction of sp³-hybridized carbons (Fsp3) is 0.381. The molecule has 2 aromatic carbocycles. The van der Waals surface area contributed by atoms with E-state index in [0.29, 0.717) is 19.1 Å². The van der Waals surface area contributed by atoms with Crippen molar-refractivity contribution < 1.29 is 9.47 Å². The van der Waals surface area contributed by atoms with Gasteiger partial charge in [0.2, 0.25) is 0 Å². The molecule has 1 atom stereocenters. The van der Waals surface area contributed by atoms with Crippen LogP contribution in [-0.2, 0) is 5.41 Å². The first kappa shape index (κ1) is 16.8. The number of fused-ring (bicyclic) bond motifs is 1. The van der Waals surface area contributed by atoms with Crippen LogP contribution in [-0.4, -0.2) is 26.2 Å². The number of ether oxygens (including phenoxy) is 2. The van der Waals surface area contributed by atoms with Crippen molar-refractivity contribution in [2.24, 2.45) is 10.7 Å². The topological polar surface area (TPSA) is 68.9 Å². The second-order valence-corrected chi connectivity index (χ2v) is 7.05. The number of aliphatic imine (C=N–C) groups is 1. The number of hydrogen-bond donors (Lipinski definition) is 2. The van der Waals surface area contributed by atoms with Gasteiger partial charge in [-0.1, -0.05) is 36.4 Å². The Morgan fingerprint density at radius 3 is 2.81 bits per heavy atom. The molecule has 1 aliphatic heterocycles. The molecule has 136 valence electrons. The third-order valence-corrected chi connectivity index (χ3v) is 5.36. The fourth-order valence-corrected chi connectivity index (χ4v) is 3.70. The van der Waals surface area contributed by atoms with Crippen LogP contribution < -0.4 is 20.5 Å². The van der Waals surface area contributed by atoms with Crippen LogP contribution in [0.25, 0.3) is 0 Å². The molecule has 0 amide bonds. The molecule has 1 heterocycles. The third kappa shape index (κ3) is 3.21. The van der Waals surface area contributed by atoms with E-state index in [0.717, 1.165) is 36.3 Å². The lowest BCUT2D eigenvalue weighted by atomic mass is 9.95. The molecule has 0 radical (unpaired) electrons. The number of hydrogen-bond acceptors (Lipinski definition) is 3. The Kier molecular flexibility index (Phi) is 4.45. The number of guanidine groups is 1. The monoisotopic (exact) mass is 351 g/mol. The molecule has 1 unspecified atom stereocenters. The largest absolute Gasteiger partial charge is 0.496 e. The molecule has 4 rings (SSSR count). The number of nitrogens with one attached hydrogen (secondary N) is 1. The highest BCUT2D eigenvalue weighted by Crippen LogP contribution is 2.51. The summed E-state index contributed by atoms with van der Waals surface area (Å²) in [7, 11) is 1.72. The zero-order valence-corrected chi connectivity index (χ0v) is 15.1. The van der Waals surface area contributed by atoms with Gasteiger partial charge in [0, 0.05) is 23.0 Å². The molecule has 2 aliphatic rings. The maximum Gasteiger partial charge on any atom is 0.189 e. The second-order valence-electron chi connectivity index (χ2n) is 7.05. The number of nitrogens with two attached hydrogens (primary N) is 1. The smallest absolute Gasteiger partial charge is 0.189 e. The van der Waals surface area contributed by atoms with Gasteiger partial charge >= 0.3 is 0 Å². The van der Waals surface area contributed by atoms with Crippen LogP contribution in [0.15, 0.2) is 53.5 Å². The molecule has 0 spiro atoms. The molecule has 1 saturated carbocycles. The Morgan fingerprint density at radius 2 is 2.00 bits per heavy atom. The summed E-state index contributed by atoms with van der Waals surface area (Å²) in [5.74, 6) is 2.36. The van der Waals surface area contributed by atoms with E-state index in [9.17, 15) is 0 Å². The lowest BCUT2D eigenvalue weighted by Crippen LogP contribution is -2.38. The Balaban J connectivity index is 1.46. The maximum absolute atomic E-state index is 6.21. The molecule has 5 nitrogen and oxygen atoms in total. The van der Waals surface area contributed by atoms with Crippen molar-refractivity contribution in [2.75, 3.05) is 20.3 Å². The Labute approximate surface area is 154 Å². The number of rotatable bonds is 5. The maximum atomic E-state index is 6.21. The fourth-order valence-electron chi connectivity index (χ4n) is 3.70. The minimum atomic E-state index is 0.0620. The molecule has 3 N–H and O–H groups in total. The van der Waals surface area contributed by atoms with Crippen molar-refractivity contribution >= 4 is 5.96 Å². The number of para-hydroxylation sites is 2. The number of nitrogens with zero attached hydrogens (tertiary/aromatic N) is 1. The average molecular weight is 351 g/mol. The van der Waals surface area contributed by atoms with E-state index in [-0.39, 0.29) is 11.5 Å². The number of methoxy groups -OCH3 is 1. The van der Waals surface area contributed by atoms with Gasteiger partial charge < -0.3 is 20.5 Å². The summed E-state index contributed by atoms with van der Waals surface area (Å²) in [4.78, 5) is 4.66. The van der Waals surface area contributed by atoms with Crippen molar-refractivity contribution in [2.45, 2.75) is 30.7 Å². The third-order valence-electron chi connectivity index (χ3n) is 5.36. The Hall–Kier alpha value is -2.69. The highest BCUT2D eigenvalue weighted by atomic mass is 16.5. The van der Waals surface area contributed by atoms with Gasteiger partial charge in [-0.25, -0.2) is 0 Å². The first-order valence-electron chi connectivity index (χ1n) is 9.13. The zero-order valence-electron chi connectivity index (χ0n) is 15.1. The van der Waals surface area contributed by atoms with E-state index in [1.807, 2.05) is 30.3 Å². The first-order valence-corrected chi connectivity index (χ1v) is 9.13. The molecule has 0 aromatic heterocycles. The summed E-state index contributed by atoms with van der Waals surface area (Å²) < 4.78 is 11.2. The van der Waals surface area contributed by atoms with Crippen LogP contribution in [0.5, 0.6) is 11.5 Å². The van der Waals surface area contributed by atoms with Crippen molar-refractivity contribution in [1.29, 1.82) is 0 Å². The van der Waals surface area contributed by atoms with Crippen molar-refractivity contribution in [3.63, 3.8) is 0 Å². The highest BCUT2D eigenvalue weighted by Gasteiger charge is 2.46. The van der Waals surface area contributed by atoms with E-state index >= 15 is 0 Å². The normalized spacial score (nSPS) is 20.7. The quantitative estimate of drug-likeness (QED) is 0.641. The van der Waals surface area contributed by atoms with E-state index in [1.165, 1.54) is 5.56 Å². The standard InChI is InChI=1S/C21H25N3O2/c1-25-19-9-5-3-7-16(19)21(11-12-21)14-23-20(22)24-17-10-13-26-18-8-4-2-6-15(17)18/h2-9,17H,10-14H2,1H3,(H3,22,23,24). The van der Waals surface area contributed by atoms with Gasteiger partial charge in [0.15, 0.2) is 5.96 Å². The minimum absolute atomic E-state index is 0.0620. The van der Waals surface area contributed by atoms with Crippen molar-refractivity contribution in [3.8, 4) is 11.5 Å². The molecule has 0 bridgehead atoms. The Morgan fingerprint density at radius 1 is 1.23 bits per heavy atom. The summed E-state index contributed by atoms with van der Waals surface area (Å²) in [5.41, 5.74) is 8.65. The lowest BCUT2D eigenvalue weighted by Gasteiger charge is -2.27. The summed E-state index contributed by atoms with van der Waals surface area (Å²) in [5, 5.41) is 3.37. The van der Waals surface area contributed by atoms with Gasteiger partial charge in [-0.05, 0) is 25.0 Å². The van der Waals surface area contributed by atoms with Crippen molar-refractivity contribution in [3.05, 3.63) is 59.7 Å². The molecule has 2 aromatic rings. The van der Waals surface area contributed by atoms with Crippen LogP contribution in [0.3, 0.4) is 0 Å². The van der Waals surface area contributed by atoms with Gasteiger partial charge in [0.1, 0.15) is 11.5 Å². The van der Waals surface area contributed by atoms with Crippen LogP contribution in [0.2, 0.25) is 0 Å². The number of benzene rings is 2. The van der Waals surface area contributed by atoms with E-state index in [1.54, 1.807) is 7.11 Å². The van der Waals surface area contributed by atoms with E-state index in [4.69, 9.17) is 15.2 Å². The predicted octanol–water partition coefficient (Wildman–Crippen LogP) is 3.15. The predicted molar refractivity (Wildman–Crippen MR) is 103 cm³/mol. The van der Waals surface area contributed by atoms with Gasteiger partial charge in [-0.3, -0.25) is 4.99 Å². The molecule has 5 heteroatoms. The van der Waals surface area contributed by atoms with Crippen LogP contribution in [0.1, 0.15) is 36.4 Å². The average Bonchev–Trinajstić information content (AvgIpc) is 3.48. The molecular formula is C21H25N3O2. The molecule has 1 aliphatic carbocycles. The van der Waals surface area contributed by atoms with Crippen molar-refractivity contribution in [1.82, 2.24) is 5.32 Å². The molecule has 0 saturated heterocycles. The summed E-state index contributed by atoms with van der Waals surface area (Å²) >= 11 is 0. The van der Waals surface area contributed by atoms with Crippen LogP contribution >= 0.6 is 0 Å². The van der Waals surface area contributed by atoms with Gasteiger partial charge in [0.25, 0.3) is 0 Å². The van der Waals surface area contributed by atoms with Crippen LogP contribution in [0, 0.1) is 0 Å². The van der Waals surface area contributed by atoms with Gasteiger partial charge in [0.05, 0.1) is 26.3 Å². The summed E-state index contributed by atoms with van der Waals surface area (Å²) in [6, 6.07) is 16.4. The highest BCUT2D eigenvalue weighted by molar-refractivity contribution is 5.78. The second kappa shape index (κ2) is 6.90. The molecule has 26 heavy (non-hydrogen) atoms. The summed E-state index contributed by atoms with van der Waals surface area (Å²) in [6.07, 6.45) is 3.11. The molecular weight excluding hydrogens is 326 g/mol. The van der Waals surface area contributed by atoms with Crippen LogP contribution in [0.4, 0.5) is 0 Å². The van der Waals surface area contributed by atoms with Gasteiger partial charge in [-0.15, -0.1) is 0 Å².